The molecule has 0 fully saturated rings. The van der Waals surface area contributed by atoms with Crippen molar-refractivity contribution in [3.63, 3.8) is 0 Å². The molecule has 0 radical (unpaired) electrons. The Hall–Kier alpha value is -1.05. The SMILES string of the molecule is C=[O+]C(=O)C(=C)[CH2-]. The highest BCUT2D eigenvalue weighted by Gasteiger charge is 1.98. The lowest BCUT2D eigenvalue weighted by Gasteiger charge is -1.81. The average Bonchev–Trinajstić information content (AvgIpc) is 1.65. The van der Waals surface area contributed by atoms with Gasteiger partial charge in [0.25, 0.3) is 0 Å². The largest absolute Gasteiger partial charge is 0.497 e. The number of hydrogen-bond donors (Lipinski definition) is 0. The van der Waals surface area contributed by atoms with E-state index < -0.39 is 5.97 Å². The van der Waals surface area contributed by atoms with Crippen LogP contribution in [-0.4, -0.2) is 12.8 Å². The van der Waals surface area contributed by atoms with Gasteiger partial charge >= 0.3 is 5.97 Å². The molecule has 0 aliphatic carbocycles. The van der Waals surface area contributed by atoms with Gasteiger partial charge in [0, 0.05) is 0 Å². The van der Waals surface area contributed by atoms with Crippen molar-refractivity contribution in [2.24, 2.45) is 0 Å². The van der Waals surface area contributed by atoms with Gasteiger partial charge in [0.2, 0.25) is 0 Å². The maximum Gasteiger partial charge on any atom is 0.497 e. The van der Waals surface area contributed by atoms with Crippen LogP contribution in [0.15, 0.2) is 12.2 Å². The zero-order valence-corrected chi connectivity index (χ0v) is 3.94. The van der Waals surface area contributed by atoms with Gasteiger partial charge < -0.3 is 4.42 Å². The second kappa shape index (κ2) is 2.18. The topological polar surface area (TPSA) is 28.4 Å². The Kier molecular flexibility index (Phi) is 1.85. The zero-order chi connectivity index (χ0) is 5.86. The van der Waals surface area contributed by atoms with Crippen LogP contribution in [-0.2, 0) is 9.22 Å². The molecule has 0 aliphatic rings. The van der Waals surface area contributed by atoms with E-state index in [4.69, 9.17) is 0 Å². The van der Waals surface area contributed by atoms with Crippen LogP contribution in [0, 0.1) is 6.92 Å². The normalized spacial score (nSPS) is 7.43. The Balaban J connectivity index is 3.81. The van der Waals surface area contributed by atoms with E-state index in [0.717, 1.165) is 0 Å². The maximum absolute atomic E-state index is 10.1. The lowest BCUT2D eigenvalue weighted by atomic mass is 10.4. The molecule has 0 spiro atoms. The Labute approximate surface area is 42.2 Å². The van der Waals surface area contributed by atoms with Gasteiger partial charge in [0.05, 0.1) is 0 Å². The molecule has 38 valence electrons. The fourth-order valence-corrected chi connectivity index (χ4v) is 0.102. The molecule has 0 N–H and O–H groups in total. The third kappa shape index (κ3) is 1.76. The van der Waals surface area contributed by atoms with Crippen molar-refractivity contribution in [3.05, 3.63) is 19.1 Å². The minimum absolute atomic E-state index is 0.120. The van der Waals surface area contributed by atoms with Gasteiger partial charge in [-0.15, -0.1) is 0 Å². The first-order valence-electron chi connectivity index (χ1n) is 1.65. The number of rotatable bonds is 1. The molecule has 0 saturated carbocycles. The highest BCUT2D eigenvalue weighted by atomic mass is 16.4. The molecule has 0 bridgehead atoms. The molecule has 0 unspecified atom stereocenters. The van der Waals surface area contributed by atoms with E-state index in [0.29, 0.717) is 0 Å². The van der Waals surface area contributed by atoms with Crippen molar-refractivity contribution in [1.29, 1.82) is 0 Å². The van der Waals surface area contributed by atoms with Crippen LogP contribution in [0.1, 0.15) is 0 Å². The van der Waals surface area contributed by atoms with Crippen molar-refractivity contribution in [2.75, 3.05) is 0 Å². The highest BCUT2D eigenvalue weighted by molar-refractivity contribution is 5.86. The Bertz CT molecular complexity index is 113. The lowest BCUT2D eigenvalue weighted by Crippen LogP contribution is -1.95. The molecular formula is C5H6O2. The summed E-state index contributed by atoms with van der Waals surface area (Å²) in [5.41, 5.74) is 0.120. The second-order valence-electron chi connectivity index (χ2n) is 1.04. The van der Waals surface area contributed by atoms with Gasteiger partial charge in [0.15, 0.2) is 6.79 Å². The highest BCUT2D eigenvalue weighted by Crippen LogP contribution is 1.82. The molecule has 2 heteroatoms. The first-order chi connectivity index (χ1) is 3.18. The summed E-state index contributed by atoms with van der Waals surface area (Å²) in [4.78, 5) is 10.1. The summed E-state index contributed by atoms with van der Waals surface area (Å²) in [6, 6.07) is 0. The zero-order valence-electron chi connectivity index (χ0n) is 3.94. The van der Waals surface area contributed by atoms with Gasteiger partial charge in [-0.3, -0.25) is 0 Å². The van der Waals surface area contributed by atoms with E-state index in [9.17, 15) is 4.79 Å². The van der Waals surface area contributed by atoms with Crippen LogP contribution >= 0.6 is 0 Å². The van der Waals surface area contributed by atoms with Crippen LogP contribution in [0.2, 0.25) is 0 Å². The van der Waals surface area contributed by atoms with Crippen LogP contribution in [0.5, 0.6) is 0 Å². The first-order valence-corrected chi connectivity index (χ1v) is 1.65. The fraction of sp³-hybridized carbons (Fsp3) is 0. The lowest BCUT2D eigenvalue weighted by molar-refractivity contribution is -0.362. The average molecular weight is 98.1 g/mol. The summed E-state index contributed by atoms with van der Waals surface area (Å²) in [6.07, 6.45) is 0. The molecule has 0 heterocycles. The monoisotopic (exact) mass is 98.0 g/mol. The van der Waals surface area contributed by atoms with E-state index in [1.807, 2.05) is 0 Å². The van der Waals surface area contributed by atoms with E-state index in [1.54, 1.807) is 0 Å². The van der Waals surface area contributed by atoms with Gasteiger partial charge in [-0.25, -0.2) is 0 Å². The van der Waals surface area contributed by atoms with Crippen molar-refractivity contribution in [3.8, 4) is 0 Å². The predicted molar refractivity (Wildman–Crippen MR) is 26.6 cm³/mol. The minimum Gasteiger partial charge on any atom is -0.343 e. The van der Waals surface area contributed by atoms with Crippen molar-refractivity contribution >= 4 is 12.8 Å². The molecule has 0 aromatic heterocycles. The second-order valence-corrected chi connectivity index (χ2v) is 1.04. The van der Waals surface area contributed by atoms with Gasteiger partial charge in [-0.2, -0.15) is 13.5 Å². The van der Waals surface area contributed by atoms with Crippen molar-refractivity contribution in [1.82, 2.24) is 0 Å². The predicted octanol–water partition coefficient (Wildman–Crippen LogP) is 0.268. The summed E-state index contributed by atoms with van der Waals surface area (Å²) in [5, 5.41) is 0. The van der Waals surface area contributed by atoms with Crippen molar-refractivity contribution in [2.45, 2.75) is 0 Å². The Morgan fingerprint density at radius 3 is 2.14 bits per heavy atom. The molecule has 0 amide bonds. The minimum atomic E-state index is -0.569. The molecule has 7 heavy (non-hydrogen) atoms. The van der Waals surface area contributed by atoms with Crippen LogP contribution < -0.4 is 0 Å². The van der Waals surface area contributed by atoms with Crippen molar-refractivity contribution < 1.29 is 9.22 Å². The summed E-state index contributed by atoms with van der Waals surface area (Å²) in [7, 11) is 0. The van der Waals surface area contributed by atoms with Crippen LogP contribution in [0.3, 0.4) is 0 Å². The number of carbonyl (C=O) groups is 1. The molecule has 0 aromatic rings. The first kappa shape index (κ1) is 5.95. The molecule has 0 aromatic carbocycles. The molecule has 0 aliphatic heterocycles. The van der Waals surface area contributed by atoms with E-state index >= 15 is 0 Å². The van der Waals surface area contributed by atoms with Gasteiger partial charge in [-0.1, -0.05) is 0 Å². The smallest absolute Gasteiger partial charge is 0.343 e. The van der Waals surface area contributed by atoms with E-state index in [1.165, 1.54) is 0 Å². The molecule has 2 nitrogen and oxygen atoms in total. The molecular weight excluding hydrogens is 92.1 g/mol. The summed E-state index contributed by atoms with van der Waals surface area (Å²) < 4.78 is 3.96. The standard InChI is InChI=1S/C5H6O2/c1-4(2)5(6)7-3/h1-3H2. The number of hydrogen-bond acceptors (Lipinski definition) is 1. The third-order valence-corrected chi connectivity index (χ3v) is 0.420. The summed E-state index contributed by atoms with van der Waals surface area (Å²) in [5.74, 6) is -0.569. The van der Waals surface area contributed by atoms with E-state index in [-0.39, 0.29) is 5.57 Å². The van der Waals surface area contributed by atoms with Gasteiger partial charge in [0.1, 0.15) is 0 Å². The Morgan fingerprint density at radius 1 is 1.71 bits per heavy atom. The number of carbonyl (C=O) groups excluding carboxylic acids is 2. The van der Waals surface area contributed by atoms with E-state index in [2.05, 4.69) is 24.7 Å². The summed E-state index contributed by atoms with van der Waals surface area (Å²) in [6.45, 7) is 9.26. The quantitative estimate of drug-likeness (QED) is 0.263. The molecule has 0 atom stereocenters. The molecule has 0 saturated heterocycles. The van der Waals surface area contributed by atoms with Crippen LogP contribution in [0.25, 0.3) is 0 Å². The van der Waals surface area contributed by atoms with Crippen LogP contribution in [0.4, 0.5) is 0 Å². The fourth-order valence-electron chi connectivity index (χ4n) is 0.102. The maximum atomic E-state index is 10.1. The van der Waals surface area contributed by atoms with Gasteiger partial charge in [-0.05, 0) is 10.4 Å². The molecule has 0 rings (SSSR count). The third-order valence-electron chi connectivity index (χ3n) is 0.420. The summed E-state index contributed by atoms with van der Waals surface area (Å²) >= 11 is 0. The Morgan fingerprint density at radius 2 is 2.14 bits per heavy atom.